The van der Waals surface area contributed by atoms with Gasteiger partial charge in [0.15, 0.2) is 76.1 Å². The van der Waals surface area contributed by atoms with Crippen molar-refractivity contribution in [2.75, 3.05) is 63.9 Å². The van der Waals surface area contributed by atoms with E-state index in [1.165, 1.54) is 76.1 Å². The minimum absolute atomic E-state index is 0.0101. The molecule has 19 rings (SSSR count). The summed E-state index contributed by atoms with van der Waals surface area (Å²) in [5.41, 5.74) is 26.8. The number of hydrogen-bond acceptors (Lipinski definition) is 43. The first-order valence-electron chi connectivity index (χ1n) is 47.1. The number of amides is 2. The van der Waals surface area contributed by atoms with Crippen molar-refractivity contribution >= 4 is 116 Å². The summed E-state index contributed by atoms with van der Waals surface area (Å²) in [6, 6.07) is 24.9. The maximum Gasteiger partial charge on any atom is 0.326 e. The molecule has 2 amide bonds. The Morgan fingerprint density at radius 2 is 1.29 bits per heavy atom. The number of ether oxygens (including phenoxy) is 12. The van der Waals surface area contributed by atoms with Gasteiger partial charge in [-0.25, -0.2) is 29.5 Å². The maximum absolute atomic E-state index is 13.6. The van der Waals surface area contributed by atoms with Gasteiger partial charge in [0.25, 0.3) is 11.8 Å². The van der Waals surface area contributed by atoms with E-state index >= 15 is 0 Å². The van der Waals surface area contributed by atoms with Gasteiger partial charge in [0.05, 0.1) is 117 Å². The van der Waals surface area contributed by atoms with E-state index in [1.54, 1.807) is 67.7 Å². The third-order valence-electron chi connectivity index (χ3n) is 26.9. The highest BCUT2D eigenvalue weighted by molar-refractivity contribution is 7.10. The third kappa shape index (κ3) is 22.4. The number of hydrogen-bond donors (Lipinski definition) is 20. The predicted octanol–water partition coefficient (Wildman–Crippen LogP) is 5.22. The minimum Gasteiger partial charge on any atom is -0.507 e. The fraction of sp³-hybridized carbons (Fsp3) is 0.380. The van der Waals surface area contributed by atoms with Crippen molar-refractivity contribution < 1.29 is 161 Å². The van der Waals surface area contributed by atoms with Gasteiger partial charge in [-0.2, -0.15) is 15.0 Å². The number of rotatable bonds is 29. The van der Waals surface area contributed by atoms with Gasteiger partial charge in [0, 0.05) is 83.5 Å². The van der Waals surface area contributed by atoms with E-state index in [0.717, 1.165) is 16.9 Å². The molecule has 10 heterocycles. The Morgan fingerprint density at radius 1 is 0.667 bits per heavy atom. The Labute approximate surface area is 854 Å². The molecular weight excluding hydrogens is 1990 g/mol. The van der Waals surface area contributed by atoms with Crippen molar-refractivity contribution in [2.45, 2.75) is 188 Å². The molecule has 6 aromatic carbocycles. The van der Waals surface area contributed by atoms with Gasteiger partial charge >= 0.3 is 29.8 Å². The lowest BCUT2D eigenvalue weighted by Gasteiger charge is -2.48. The van der Waals surface area contributed by atoms with Crippen LogP contribution in [0.1, 0.15) is 198 Å². The smallest absolute Gasteiger partial charge is 0.326 e. The first-order valence-corrected chi connectivity index (χ1v) is 48.0. The lowest BCUT2D eigenvalue weighted by Crippen LogP contribution is -2.62. The number of carboxylic acid groups (broad SMARTS) is 4. The molecule has 19 atom stereocenters. The number of Topliss-reactive ketones (excluding diaryl/α,β-unsaturated/α-hetero) is 1. The summed E-state index contributed by atoms with van der Waals surface area (Å²) in [5, 5.41) is 130. The molecule has 11 aromatic rings. The molecule has 0 radical (unpaired) electrons. The first kappa shape index (κ1) is 107. The van der Waals surface area contributed by atoms with Crippen LogP contribution in [-0.4, -0.2) is 269 Å². The van der Waals surface area contributed by atoms with E-state index in [2.05, 4.69) is 55.8 Å². The number of fused-ring (bicyclic) bond motifs is 9. The summed E-state index contributed by atoms with van der Waals surface area (Å²) >= 11 is 1.46. The standard InChI is InChI=1S/C32H32O13S.C27H29NO10.C22H25N7O5.C19H20N8O5/c1-37-19-6-13(7-20(38-2)25(19)33)23-14-8-17-18(42-12-41-17)9-15(14)28(16-10-39-30(36)24(16)23)44-32-27(35)26(34)29-21(43-32)11-40-31(45-29)22-4-3-5-46-22;1-10-22(30)14(28)7-17(37-10)38-16-9-27(35,11(2)29)8-13-19(16)26(34)21-20(24(13)32)23(31)12-5-4-6-15(36-3)18(12)25(21)33;1-2-11(9-14-10-25-19-17(26-14)18(23)28-22(24)29-19)12-3-5-13(6-4-12)20(32)27-15(21(33)34)7-8-16(30)31;20-15-14-16(27-19(21)26-15)23-8-11(24-14)7-22-10-3-1-9(2-4-10)17(30)25-12(18(31)32)5-6-13(28)29/h3-9,16,21,23-24,26-29,31-35H,10-12H2,1-2H3;4-6,10,14,16-17,22,30,32,34-35H,7-9,28H2,1-3H3;3-6,10-11,15H,2,7-9H2,1H3,(H,27,32)(H,30,31)(H,33,34)(H4,23,24,25,28,29);1-4,8,12,22H,5-7H2,(H,25,30)(H,28,29)(H,31,32)(H4,20,21,23,26,27)/t16-,21+,23+,24-,26+,27+,28+,29+,31?,32-;10-,14-,16-,17-,22+,27-;11?,15-;/m000./s1. The fourth-order valence-corrected chi connectivity index (χ4v) is 19.8. The van der Waals surface area contributed by atoms with Crippen molar-refractivity contribution in [1.29, 1.82) is 5.41 Å². The monoisotopic (exact) mass is 2090 g/mol. The van der Waals surface area contributed by atoms with E-state index in [0.29, 0.717) is 69.3 Å². The van der Waals surface area contributed by atoms with Crippen LogP contribution in [0.5, 0.6) is 46.0 Å². The number of ketones is 3. The summed E-state index contributed by atoms with van der Waals surface area (Å²) in [6.45, 7) is 5.28. The lowest BCUT2D eigenvalue weighted by molar-refractivity contribution is -0.368. The second-order valence-electron chi connectivity index (χ2n) is 36.4. The number of nitrogens with two attached hydrogens (primary N) is 4. The number of thiophene rings is 1. The molecule has 8 aliphatic rings. The van der Waals surface area contributed by atoms with Gasteiger partial charge in [-0.05, 0) is 146 Å². The highest BCUT2D eigenvalue weighted by Gasteiger charge is 2.58. The number of benzene rings is 6. The number of H-pyrrole nitrogens is 1. The molecule has 0 bridgehead atoms. The van der Waals surface area contributed by atoms with Crippen LogP contribution in [0.15, 0.2) is 121 Å². The zero-order valence-corrected chi connectivity index (χ0v) is 81.7. The van der Waals surface area contributed by atoms with Crippen LogP contribution in [-0.2, 0) is 81.3 Å². The van der Waals surface area contributed by atoms with Crippen LogP contribution < -0.4 is 68.2 Å². The van der Waals surface area contributed by atoms with Crippen molar-refractivity contribution in [3.8, 4) is 46.0 Å². The predicted molar refractivity (Wildman–Crippen MR) is 521 cm³/mol. The normalized spacial score (nSPS) is 23.6. The summed E-state index contributed by atoms with van der Waals surface area (Å²) < 4.78 is 69.6. The van der Waals surface area contributed by atoms with Gasteiger partial charge in [0.1, 0.15) is 70.7 Å². The number of methoxy groups -OCH3 is 3. The van der Waals surface area contributed by atoms with Crippen LogP contribution in [0.3, 0.4) is 0 Å². The van der Waals surface area contributed by atoms with E-state index in [4.69, 9.17) is 101 Å². The third-order valence-corrected chi connectivity index (χ3v) is 27.8. The van der Waals surface area contributed by atoms with Crippen LogP contribution in [0, 0.1) is 17.2 Å². The maximum atomic E-state index is 13.6. The average molecular weight is 2090 g/mol. The van der Waals surface area contributed by atoms with Gasteiger partial charge in [-0.1, -0.05) is 37.3 Å². The van der Waals surface area contributed by atoms with Crippen LogP contribution in [0.2, 0.25) is 0 Å². The number of aromatic amines is 1. The van der Waals surface area contributed by atoms with Gasteiger partial charge in [0.2, 0.25) is 29.9 Å². The highest BCUT2D eigenvalue weighted by atomic mass is 32.1. The zero-order valence-electron chi connectivity index (χ0n) is 80.9. The number of carbonyl (C=O) groups is 10. The molecule has 790 valence electrons. The van der Waals surface area contributed by atoms with E-state index in [9.17, 15) is 88.8 Å². The molecule has 0 spiro atoms. The molecule has 3 aliphatic carbocycles. The van der Waals surface area contributed by atoms with Gasteiger partial charge < -0.3 is 157 Å². The van der Waals surface area contributed by atoms with E-state index in [-0.39, 0.29) is 155 Å². The van der Waals surface area contributed by atoms with Crippen LogP contribution >= 0.6 is 11.3 Å². The van der Waals surface area contributed by atoms with E-state index < -0.39 is 197 Å². The number of phenolic OH excluding ortho intramolecular Hbond substituents is 3. The number of aliphatic hydroxyl groups excluding tert-OH is 3. The number of esters is 1. The SMILES string of the molecule is CCC(Cc1cnc2nc(=N)[nH]c(N)c2n1)c1ccc(C(=O)N[C@@H](CCC(=O)O)C(=O)O)cc1.COc1cc([C@@H]2c3cc4c(cc3[C@@H](O[C@@H]3O[C@@H]5COC(c6cccs6)O[C@H]5[C@H](O)[C@H]3O)[C@H]3COC(=O)[C@H]23)OCO4)cc(OC)c1O.COc1cccc2c1C(=O)c1c(O)c3c(c(O)c1C2=O)C[C@@](O)(C(C)=O)C[C@@H]3O[C@H]1C[C@H](N)[C@H](O)[C@H](C)O1.Nc1nc(N)c2nc(CNc3ccc(C(=O)NC(CCC(=O)O)C(=O)O)cc3)cnc2n1. The van der Waals surface area contributed by atoms with Crippen molar-refractivity contribution in [2.24, 2.45) is 17.6 Å². The Morgan fingerprint density at radius 3 is 1.89 bits per heavy atom. The average Bonchev–Trinajstić information content (AvgIpc) is 1.38. The number of aliphatic hydroxyl groups is 4. The van der Waals surface area contributed by atoms with Gasteiger partial charge in [-0.15, -0.1) is 11.3 Å². The lowest BCUT2D eigenvalue weighted by atomic mass is 9.66. The van der Waals surface area contributed by atoms with Gasteiger partial charge in [-0.3, -0.25) is 43.8 Å². The molecular formula is C100H106N16O33S. The summed E-state index contributed by atoms with van der Waals surface area (Å²) in [7, 11) is 4.20. The Hall–Kier alpha value is -15.9. The minimum atomic E-state index is -2.00. The number of carbonyl (C=O) groups excluding carboxylic acids is 6. The number of carboxylic acids is 4. The molecule has 0 saturated carbocycles. The fourth-order valence-electron chi connectivity index (χ4n) is 19.1. The number of phenols is 3. The highest BCUT2D eigenvalue weighted by Crippen LogP contribution is 2.59. The van der Waals surface area contributed by atoms with Crippen molar-refractivity contribution in [1.82, 2.24) is 50.5 Å². The number of aliphatic carboxylic acids is 4. The largest absolute Gasteiger partial charge is 0.507 e. The number of anilines is 4. The Kier molecular flexibility index (Phi) is 32.1. The first-order chi connectivity index (χ1) is 71.6. The number of aromatic nitrogens is 8. The number of cyclic esters (lactones) is 1. The summed E-state index contributed by atoms with van der Waals surface area (Å²) in [4.78, 5) is 154. The summed E-state index contributed by atoms with van der Waals surface area (Å²) in [6.07, 6.45) is -8.40. The van der Waals surface area contributed by atoms with Crippen LogP contribution in [0.25, 0.3) is 22.3 Å². The number of nitrogens with zero attached hydrogens (tertiary/aromatic N) is 7. The summed E-state index contributed by atoms with van der Waals surface area (Å²) in [5.74, 6) is -9.92. The zero-order chi connectivity index (χ0) is 107. The molecule has 24 N–H and O–H groups in total. The van der Waals surface area contributed by atoms with E-state index in [1.807, 2.05) is 30.5 Å². The molecule has 49 nitrogen and oxygen atoms in total. The quantitative estimate of drug-likeness (QED) is 0.0211. The molecule has 4 saturated heterocycles. The molecule has 5 aliphatic heterocycles. The molecule has 3 unspecified atom stereocenters. The van der Waals surface area contributed by atoms with Crippen molar-refractivity contribution in [3.63, 3.8) is 0 Å². The molecule has 150 heavy (non-hydrogen) atoms. The van der Waals surface area contributed by atoms with Crippen molar-refractivity contribution in [3.05, 3.63) is 210 Å². The topological polar surface area (TPSA) is 774 Å². The number of nitrogen functional groups attached to an aromatic ring is 3. The second kappa shape index (κ2) is 45.0. The number of aromatic hydroxyl groups is 3. The van der Waals surface area contributed by atoms with Crippen LogP contribution in [0.4, 0.5) is 23.3 Å². The Bertz CT molecular complexity index is 7070. The molecule has 50 heteroatoms. The molecule has 4 fully saturated rings. The Balaban J connectivity index is 0.000000144. The second-order valence-corrected chi connectivity index (χ2v) is 37.4. The molecule has 5 aromatic heterocycles. The number of nitrogens with one attached hydrogen (secondary N) is 5.